The van der Waals surface area contributed by atoms with Crippen LogP contribution >= 0.6 is 0 Å². The molecule has 0 saturated carbocycles. The van der Waals surface area contributed by atoms with Gasteiger partial charge in [-0.15, -0.1) is 0 Å². The van der Waals surface area contributed by atoms with Gasteiger partial charge >= 0.3 is 6.03 Å². The normalized spacial score (nSPS) is 15.0. The molecule has 2 amide bonds. The number of methoxy groups -OCH3 is 2. The lowest BCUT2D eigenvalue weighted by Gasteiger charge is -2.19. The number of hydrogen-bond acceptors (Lipinski definition) is 4. The van der Waals surface area contributed by atoms with Crippen LogP contribution in [0.2, 0.25) is 0 Å². The molecule has 2 rings (SSSR count). The molecule has 6 heteroatoms. The molecule has 1 aromatic carbocycles. The van der Waals surface area contributed by atoms with Crippen LogP contribution in [0.1, 0.15) is 25.0 Å². The standard InChI is InChI=1S/C15H19N2O4/c1-4-21-13(8-11-9-16-15(18)17-11)10-5-6-12(19-2)14(7-10)20-3/h5-7,9,13H,4,8H2,1-3H3,(H,17,18). The SMILES string of the molecule is CCOC(CC1=C[N]C(=O)N1)c1ccc(OC)c(OC)c1. The Morgan fingerprint density at radius 3 is 2.57 bits per heavy atom. The summed E-state index contributed by atoms with van der Waals surface area (Å²) in [6, 6.07) is 5.31. The van der Waals surface area contributed by atoms with Crippen molar-refractivity contribution < 1.29 is 19.0 Å². The first-order valence-corrected chi connectivity index (χ1v) is 6.72. The molecule has 21 heavy (non-hydrogen) atoms. The highest BCUT2D eigenvalue weighted by Crippen LogP contribution is 2.33. The van der Waals surface area contributed by atoms with E-state index in [0.29, 0.717) is 24.5 Å². The quantitative estimate of drug-likeness (QED) is 0.837. The van der Waals surface area contributed by atoms with Crippen molar-refractivity contribution in [1.29, 1.82) is 0 Å². The number of carbonyl (C=O) groups excluding carboxylic acids is 1. The average Bonchev–Trinajstić information content (AvgIpc) is 2.91. The van der Waals surface area contributed by atoms with Crippen LogP contribution in [0.3, 0.4) is 0 Å². The fourth-order valence-corrected chi connectivity index (χ4v) is 2.17. The Kier molecular flexibility index (Phi) is 5.05. The van der Waals surface area contributed by atoms with Gasteiger partial charge < -0.3 is 19.5 Å². The third-order valence-electron chi connectivity index (χ3n) is 3.16. The van der Waals surface area contributed by atoms with Crippen molar-refractivity contribution in [3.63, 3.8) is 0 Å². The van der Waals surface area contributed by atoms with Crippen molar-refractivity contribution in [3.8, 4) is 11.5 Å². The largest absolute Gasteiger partial charge is 0.493 e. The molecule has 1 aliphatic heterocycles. The number of hydrogen-bond donors (Lipinski definition) is 1. The fraction of sp³-hybridized carbons (Fsp3) is 0.400. The molecule has 6 nitrogen and oxygen atoms in total. The summed E-state index contributed by atoms with van der Waals surface area (Å²) in [5.41, 5.74) is 1.70. The molecule has 1 aromatic rings. The molecule has 0 bridgehead atoms. The smallest absolute Gasteiger partial charge is 0.345 e. The lowest BCUT2D eigenvalue weighted by molar-refractivity contribution is 0.0619. The van der Waals surface area contributed by atoms with E-state index in [2.05, 4.69) is 10.6 Å². The van der Waals surface area contributed by atoms with E-state index >= 15 is 0 Å². The molecular weight excluding hydrogens is 272 g/mol. The van der Waals surface area contributed by atoms with Crippen molar-refractivity contribution >= 4 is 6.03 Å². The first-order chi connectivity index (χ1) is 10.2. The third kappa shape index (κ3) is 3.66. The van der Waals surface area contributed by atoms with Crippen LogP contribution in [0.15, 0.2) is 30.1 Å². The van der Waals surface area contributed by atoms with E-state index in [-0.39, 0.29) is 12.1 Å². The van der Waals surface area contributed by atoms with Gasteiger partial charge in [0.1, 0.15) is 0 Å². The number of ether oxygens (including phenoxy) is 3. The summed E-state index contributed by atoms with van der Waals surface area (Å²) < 4.78 is 16.3. The molecule has 1 unspecified atom stereocenters. The summed E-state index contributed by atoms with van der Waals surface area (Å²) in [6.07, 6.45) is 1.89. The molecular formula is C15H19N2O4. The van der Waals surface area contributed by atoms with Crippen molar-refractivity contribution in [2.45, 2.75) is 19.4 Å². The maximum Gasteiger partial charge on any atom is 0.345 e. The minimum Gasteiger partial charge on any atom is -0.493 e. The van der Waals surface area contributed by atoms with Gasteiger partial charge in [-0.05, 0) is 24.6 Å². The topological polar surface area (TPSA) is 70.9 Å². The van der Waals surface area contributed by atoms with Gasteiger partial charge in [-0.25, -0.2) is 4.79 Å². The lowest BCUT2D eigenvalue weighted by Crippen LogP contribution is -2.20. The lowest BCUT2D eigenvalue weighted by atomic mass is 10.0. The summed E-state index contributed by atoms with van der Waals surface area (Å²) >= 11 is 0. The molecule has 1 N–H and O–H groups in total. The van der Waals surface area contributed by atoms with Crippen LogP contribution in [0.4, 0.5) is 4.79 Å². The molecule has 1 radical (unpaired) electrons. The van der Waals surface area contributed by atoms with Crippen molar-refractivity contribution in [1.82, 2.24) is 10.6 Å². The molecule has 0 spiro atoms. The molecule has 1 heterocycles. The summed E-state index contributed by atoms with van der Waals surface area (Å²) in [7, 11) is 3.19. The van der Waals surface area contributed by atoms with Gasteiger partial charge in [-0.2, -0.15) is 5.32 Å². The molecule has 0 aromatic heterocycles. The van der Waals surface area contributed by atoms with Crippen LogP contribution < -0.4 is 20.1 Å². The van der Waals surface area contributed by atoms with Crippen molar-refractivity contribution in [2.24, 2.45) is 0 Å². The van der Waals surface area contributed by atoms with E-state index in [0.717, 1.165) is 11.3 Å². The summed E-state index contributed by atoms with van der Waals surface area (Å²) in [5, 5.41) is 6.36. The van der Waals surface area contributed by atoms with Crippen LogP contribution in [0.25, 0.3) is 0 Å². The van der Waals surface area contributed by atoms with Crippen LogP contribution in [0.5, 0.6) is 11.5 Å². The van der Waals surface area contributed by atoms with Gasteiger partial charge in [0, 0.05) is 18.7 Å². The van der Waals surface area contributed by atoms with E-state index in [4.69, 9.17) is 14.2 Å². The second-order valence-corrected chi connectivity index (χ2v) is 4.48. The molecule has 0 saturated heterocycles. The van der Waals surface area contributed by atoms with Gasteiger partial charge in [0.25, 0.3) is 0 Å². The van der Waals surface area contributed by atoms with Gasteiger partial charge in [-0.3, -0.25) is 0 Å². The number of rotatable bonds is 7. The monoisotopic (exact) mass is 291 g/mol. The maximum absolute atomic E-state index is 11.1. The van der Waals surface area contributed by atoms with E-state index in [1.54, 1.807) is 14.2 Å². The Labute approximate surface area is 124 Å². The zero-order chi connectivity index (χ0) is 15.2. The first-order valence-electron chi connectivity index (χ1n) is 6.72. The highest BCUT2D eigenvalue weighted by atomic mass is 16.5. The summed E-state index contributed by atoms with van der Waals surface area (Å²) in [4.78, 5) is 11.1. The summed E-state index contributed by atoms with van der Waals surface area (Å²) in [5.74, 6) is 1.31. The van der Waals surface area contributed by atoms with Crippen LogP contribution in [-0.2, 0) is 4.74 Å². The maximum atomic E-state index is 11.1. The molecule has 0 aliphatic carbocycles. The van der Waals surface area contributed by atoms with Crippen LogP contribution in [0, 0.1) is 0 Å². The summed E-state index contributed by atoms with van der Waals surface area (Å²) in [6.45, 7) is 2.50. The molecule has 0 fully saturated rings. The number of nitrogens with zero attached hydrogens (tertiary/aromatic N) is 1. The Bertz CT molecular complexity index is 542. The predicted molar refractivity (Wildman–Crippen MR) is 77.3 cm³/mol. The molecule has 1 atom stereocenters. The van der Waals surface area contributed by atoms with Gasteiger partial charge in [0.2, 0.25) is 0 Å². The number of benzene rings is 1. The first kappa shape index (κ1) is 15.2. The average molecular weight is 291 g/mol. The van der Waals surface area contributed by atoms with Gasteiger partial charge in [-0.1, -0.05) is 6.07 Å². The number of urea groups is 1. The van der Waals surface area contributed by atoms with Crippen molar-refractivity contribution in [2.75, 3.05) is 20.8 Å². The highest BCUT2D eigenvalue weighted by molar-refractivity contribution is 5.79. The van der Waals surface area contributed by atoms with Crippen molar-refractivity contribution in [3.05, 3.63) is 35.7 Å². The molecule has 113 valence electrons. The molecule has 1 aliphatic rings. The Morgan fingerprint density at radius 1 is 1.24 bits per heavy atom. The predicted octanol–water partition coefficient (Wildman–Crippen LogP) is 2.34. The van der Waals surface area contributed by atoms with E-state index in [1.807, 2.05) is 25.1 Å². The van der Waals surface area contributed by atoms with Gasteiger partial charge in [0.15, 0.2) is 11.5 Å². The van der Waals surface area contributed by atoms with E-state index in [1.165, 1.54) is 6.20 Å². The second-order valence-electron chi connectivity index (χ2n) is 4.48. The number of nitrogens with one attached hydrogen (secondary N) is 1. The minimum atomic E-state index is -0.340. The zero-order valence-corrected chi connectivity index (χ0v) is 12.4. The number of amides is 2. The second kappa shape index (κ2) is 6.99. The fourth-order valence-electron chi connectivity index (χ4n) is 2.17. The van der Waals surface area contributed by atoms with E-state index < -0.39 is 0 Å². The Balaban J connectivity index is 2.19. The third-order valence-corrected chi connectivity index (χ3v) is 3.16. The Hall–Kier alpha value is -2.21. The highest BCUT2D eigenvalue weighted by Gasteiger charge is 2.20. The number of carbonyl (C=O) groups is 1. The minimum absolute atomic E-state index is 0.186. The van der Waals surface area contributed by atoms with E-state index in [9.17, 15) is 4.79 Å². The Morgan fingerprint density at radius 2 is 2.00 bits per heavy atom. The van der Waals surface area contributed by atoms with Gasteiger partial charge in [0.05, 0.1) is 26.5 Å². The zero-order valence-electron chi connectivity index (χ0n) is 12.4. The van der Waals surface area contributed by atoms with Crippen LogP contribution in [-0.4, -0.2) is 26.9 Å².